The molecule has 4 aromatic rings. The summed E-state index contributed by atoms with van der Waals surface area (Å²) in [6, 6.07) is 12.8. The number of methoxy groups -OCH3 is 1. The highest BCUT2D eigenvalue weighted by molar-refractivity contribution is 9.11. The fraction of sp³-hybridized carbons (Fsp3) is 0.537. The summed E-state index contributed by atoms with van der Waals surface area (Å²) in [5.41, 5.74) is 10.2. The first kappa shape index (κ1) is 52.3. The van der Waals surface area contributed by atoms with Crippen molar-refractivity contribution in [1.82, 2.24) is 30.0 Å². The molecular formula is C54H62Br4Cl2N6O4. The van der Waals surface area contributed by atoms with E-state index in [9.17, 15) is 14.4 Å². The normalized spacial score (nSPS) is 21.3. The fourth-order valence-corrected chi connectivity index (χ4v) is 14.5. The maximum absolute atomic E-state index is 13.2. The van der Waals surface area contributed by atoms with Crippen molar-refractivity contribution in [1.29, 1.82) is 0 Å². The number of ether oxygens (including phenoxy) is 1. The lowest BCUT2D eigenvalue weighted by atomic mass is 9.76. The first-order chi connectivity index (χ1) is 33.9. The highest BCUT2D eigenvalue weighted by Crippen LogP contribution is 2.47. The van der Waals surface area contributed by atoms with Crippen LogP contribution in [0.1, 0.15) is 121 Å². The van der Waals surface area contributed by atoms with Crippen LogP contribution in [-0.2, 0) is 40.0 Å². The second kappa shape index (κ2) is 23.7. The van der Waals surface area contributed by atoms with Crippen molar-refractivity contribution < 1.29 is 19.1 Å². The number of piperidine rings is 4. The number of nitrogens with zero attached hydrogens (tertiary/aromatic N) is 5. The predicted molar refractivity (Wildman–Crippen MR) is 291 cm³/mol. The smallest absolute Gasteiger partial charge is 0.409 e. The molecule has 0 spiro atoms. The van der Waals surface area contributed by atoms with E-state index in [1.54, 1.807) is 4.90 Å². The van der Waals surface area contributed by atoms with Crippen LogP contribution in [0.15, 0.2) is 66.7 Å². The van der Waals surface area contributed by atoms with Crippen LogP contribution < -0.4 is 5.32 Å². The van der Waals surface area contributed by atoms with Gasteiger partial charge >= 0.3 is 6.09 Å². The number of fused-ring (bicyclic) bond motifs is 4. The van der Waals surface area contributed by atoms with E-state index in [4.69, 9.17) is 37.9 Å². The number of amides is 3. The van der Waals surface area contributed by atoms with Crippen LogP contribution in [-0.4, -0.2) is 102 Å². The molecule has 0 saturated carbocycles. The molecule has 4 saturated heterocycles. The molecule has 6 heterocycles. The van der Waals surface area contributed by atoms with Crippen LogP contribution in [0.25, 0.3) is 0 Å². The monoisotopic (exact) mass is 1240 g/mol. The van der Waals surface area contributed by atoms with Gasteiger partial charge in [0.05, 0.1) is 28.5 Å². The maximum atomic E-state index is 13.2. The van der Waals surface area contributed by atoms with Gasteiger partial charge in [-0.1, -0.05) is 35.3 Å². The minimum atomic E-state index is -0.273. The molecule has 2 atom stereocenters. The van der Waals surface area contributed by atoms with E-state index in [0.29, 0.717) is 55.5 Å². The summed E-state index contributed by atoms with van der Waals surface area (Å²) in [5, 5.41) is 4.91. The van der Waals surface area contributed by atoms with Crippen molar-refractivity contribution >= 4 is 105 Å². The van der Waals surface area contributed by atoms with E-state index in [1.807, 2.05) is 24.5 Å². The molecule has 10 nitrogen and oxygen atoms in total. The number of aromatic nitrogens is 2. The minimum absolute atomic E-state index is 0.189. The molecule has 2 aliphatic carbocycles. The summed E-state index contributed by atoms with van der Waals surface area (Å²) in [7, 11) is 1.41. The second-order valence-electron chi connectivity index (χ2n) is 20.1. The van der Waals surface area contributed by atoms with E-state index in [0.717, 1.165) is 144 Å². The Labute approximate surface area is 456 Å². The fourth-order valence-electron chi connectivity index (χ4n) is 12.3. The van der Waals surface area contributed by atoms with Gasteiger partial charge in [-0.2, -0.15) is 0 Å². The number of pyridine rings is 2. The first-order valence-corrected chi connectivity index (χ1v) is 29.1. The molecule has 0 unspecified atom stereocenters. The number of benzene rings is 2. The van der Waals surface area contributed by atoms with Crippen molar-refractivity contribution in [3.05, 3.63) is 121 Å². The van der Waals surface area contributed by atoms with Gasteiger partial charge in [-0.3, -0.25) is 19.6 Å². The van der Waals surface area contributed by atoms with Crippen LogP contribution in [0.5, 0.6) is 0 Å². The van der Waals surface area contributed by atoms with Crippen molar-refractivity contribution in [3.63, 3.8) is 0 Å². The number of aryl methyl sites for hydroxylation is 2. The number of carbonyl (C=O) groups excluding carboxylic acids is 3. The zero-order chi connectivity index (χ0) is 49.1. The molecule has 2 aromatic heterocycles. The Bertz CT molecular complexity index is 2560. The van der Waals surface area contributed by atoms with E-state index < -0.39 is 0 Å². The van der Waals surface area contributed by atoms with Gasteiger partial charge in [-0.15, -0.1) is 0 Å². The lowest BCUT2D eigenvalue weighted by Crippen LogP contribution is -2.42. The van der Waals surface area contributed by atoms with Gasteiger partial charge in [0.2, 0.25) is 11.8 Å². The Balaban J connectivity index is 0.000000175. The van der Waals surface area contributed by atoms with Crippen molar-refractivity contribution in [2.45, 2.75) is 102 Å². The predicted octanol–water partition coefficient (Wildman–Crippen LogP) is 12.7. The highest BCUT2D eigenvalue weighted by Gasteiger charge is 2.38. The summed E-state index contributed by atoms with van der Waals surface area (Å²) in [6.45, 7) is 6.66. The molecule has 374 valence electrons. The Hall–Kier alpha value is -2.59. The van der Waals surface area contributed by atoms with Gasteiger partial charge in [-0.25, -0.2) is 4.79 Å². The lowest BCUT2D eigenvalue weighted by molar-refractivity contribution is -0.134. The summed E-state index contributed by atoms with van der Waals surface area (Å²) < 4.78 is 8.88. The molecule has 1 N–H and O–H groups in total. The topological polar surface area (TPSA) is 108 Å². The Morgan fingerprint density at radius 3 is 1.44 bits per heavy atom. The highest BCUT2D eigenvalue weighted by atomic mass is 79.9. The standard InChI is InChI=1S/C28H32Br2ClN3O3.C26H30Br2ClN3O/c1-37-28(36)34-10-6-17(7-11-34)14-24(35)33-12-8-18(9-13-33)25-21-4-5-23(31)26(30)22(21)3-2-19-15-20(29)16-32-27(19)25;27-19-14-18-1-2-21-20(3-4-22(29)25(21)28)24(26(18)31-15-19)17-7-11-32(12-8-17)23(33)13-16-5-9-30-10-6-16/h4-5,15-18,25H,2-3,6-14H2,1H3;3-4,14-17,24,30H,1-2,5-13H2/t25-;24-/m00/s1. The average molecular weight is 1250 g/mol. The van der Waals surface area contributed by atoms with Crippen LogP contribution in [0, 0.1) is 23.7 Å². The summed E-state index contributed by atoms with van der Waals surface area (Å²) in [6.07, 6.45) is 16.5. The van der Waals surface area contributed by atoms with Crippen molar-refractivity contribution in [2.75, 3.05) is 59.5 Å². The largest absolute Gasteiger partial charge is 0.453 e. The molecule has 3 amide bonds. The van der Waals surface area contributed by atoms with Crippen molar-refractivity contribution in [3.8, 4) is 0 Å². The third kappa shape index (κ3) is 11.8. The zero-order valence-electron chi connectivity index (χ0n) is 39.8. The van der Waals surface area contributed by atoms with Gasteiger partial charge in [0.1, 0.15) is 0 Å². The number of halogens is 6. The molecule has 6 aliphatic rings. The SMILES string of the molecule is COC(=O)N1CCC(CC(=O)N2CCC([C@H]3c4ccc(Cl)c(Br)c4CCc4cc(Br)cnc43)CC2)CC1.O=C(CC1CCNCC1)N1CCC([C@H]2c3ccc(Cl)c(Br)c3CCc3cc(Br)cnc32)CC1. The van der Waals surface area contributed by atoms with Gasteiger partial charge < -0.3 is 24.8 Å². The zero-order valence-corrected chi connectivity index (χ0v) is 47.6. The third-order valence-electron chi connectivity index (χ3n) is 16.1. The van der Waals surface area contributed by atoms with E-state index in [-0.39, 0.29) is 23.8 Å². The molecule has 0 bridgehead atoms. The van der Waals surface area contributed by atoms with Gasteiger partial charge in [-0.05, 0) is 235 Å². The van der Waals surface area contributed by atoms with Gasteiger partial charge in [0.15, 0.2) is 0 Å². The summed E-state index contributed by atoms with van der Waals surface area (Å²) >= 11 is 27.7. The molecule has 4 aliphatic heterocycles. The molecule has 4 fully saturated rings. The quantitative estimate of drug-likeness (QED) is 0.205. The number of rotatable bonds is 6. The van der Waals surface area contributed by atoms with Gasteiger partial charge in [0, 0.05) is 94.2 Å². The Morgan fingerprint density at radius 1 is 0.600 bits per heavy atom. The number of nitrogens with one attached hydrogen (secondary N) is 1. The molecule has 2 aromatic carbocycles. The van der Waals surface area contributed by atoms with E-state index in [1.165, 1.54) is 51.9 Å². The van der Waals surface area contributed by atoms with E-state index >= 15 is 0 Å². The van der Waals surface area contributed by atoms with Crippen LogP contribution in [0.3, 0.4) is 0 Å². The lowest BCUT2D eigenvalue weighted by Gasteiger charge is -2.38. The molecule has 10 rings (SSSR count). The minimum Gasteiger partial charge on any atom is -0.453 e. The number of likely N-dealkylation sites (tertiary alicyclic amines) is 3. The maximum Gasteiger partial charge on any atom is 0.409 e. The summed E-state index contributed by atoms with van der Waals surface area (Å²) in [4.78, 5) is 53.7. The van der Waals surface area contributed by atoms with E-state index in [2.05, 4.69) is 103 Å². The molecule has 70 heavy (non-hydrogen) atoms. The van der Waals surface area contributed by atoms with Crippen LogP contribution in [0.4, 0.5) is 4.79 Å². The Morgan fingerprint density at radius 2 is 1.01 bits per heavy atom. The third-order valence-corrected chi connectivity index (χ3v) is 19.9. The number of hydrogen-bond donors (Lipinski definition) is 1. The summed E-state index contributed by atoms with van der Waals surface area (Å²) in [5.74, 6) is 2.76. The van der Waals surface area contributed by atoms with Crippen molar-refractivity contribution in [2.24, 2.45) is 23.7 Å². The number of hydrogen-bond acceptors (Lipinski definition) is 7. The van der Waals surface area contributed by atoms with Gasteiger partial charge in [0.25, 0.3) is 0 Å². The van der Waals surface area contributed by atoms with Crippen LogP contribution in [0.2, 0.25) is 10.0 Å². The first-order valence-electron chi connectivity index (χ1n) is 25.2. The van der Waals surface area contributed by atoms with Crippen LogP contribution >= 0.6 is 86.9 Å². The molecule has 0 radical (unpaired) electrons. The molecular weight excluding hydrogens is 1190 g/mol. The average Bonchev–Trinajstić information content (AvgIpc) is 3.65. The number of carbonyl (C=O) groups is 3. The second-order valence-corrected chi connectivity index (χ2v) is 24.4. The molecule has 16 heteroatoms. The Kier molecular flexibility index (Phi) is 17.7.